The highest BCUT2D eigenvalue weighted by Gasteiger charge is 2.25. The lowest BCUT2D eigenvalue weighted by Crippen LogP contribution is -2.50. The molecule has 0 saturated carbocycles. The van der Waals surface area contributed by atoms with E-state index in [2.05, 4.69) is 10.3 Å². The largest absolute Gasteiger partial charge is 0.335 e. The molecule has 26 heavy (non-hydrogen) atoms. The molecule has 1 aliphatic heterocycles. The summed E-state index contributed by atoms with van der Waals surface area (Å²) in [6, 6.07) is 10.3. The standard InChI is InChI=1S/C19H20N4O3/c1-14(24)21-17-6-2-4-15(12-17)18(25)22-8-10-23(11-9-22)19(26)16-5-3-7-20-13-16/h2-7,12-13H,8-11H2,1H3,(H,21,24). The Morgan fingerprint density at radius 2 is 1.54 bits per heavy atom. The van der Waals surface area contributed by atoms with Crippen LogP contribution in [0.3, 0.4) is 0 Å². The molecule has 0 bridgehead atoms. The summed E-state index contributed by atoms with van der Waals surface area (Å²) in [4.78, 5) is 43.7. The maximum atomic E-state index is 12.7. The maximum Gasteiger partial charge on any atom is 0.255 e. The number of benzene rings is 1. The molecule has 0 unspecified atom stereocenters. The van der Waals surface area contributed by atoms with Crippen LogP contribution in [0.1, 0.15) is 27.6 Å². The Bertz CT molecular complexity index is 815. The van der Waals surface area contributed by atoms with E-state index < -0.39 is 0 Å². The summed E-state index contributed by atoms with van der Waals surface area (Å²) >= 11 is 0. The van der Waals surface area contributed by atoms with Crippen LogP contribution in [0, 0.1) is 0 Å². The van der Waals surface area contributed by atoms with E-state index in [4.69, 9.17) is 0 Å². The molecule has 1 aromatic heterocycles. The molecule has 3 rings (SSSR count). The Labute approximate surface area is 151 Å². The lowest BCUT2D eigenvalue weighted by molar-refractivity contribution is -0.114. The number of amides is 3. The number of carbonyl (C=O) groups excluding carboxylic acids is 3. The van der Waals surface area contributed by atoms with Gasteiger partial charge in [-0.25, -0.2) is 0 Å². The fourth-order valence-corrected chi connectivity index (χ4v) is 2.90. The maximum absolute atomic E-state index is 12.7. The second kappa shape index (κ2) is 7.77. The third-order valence-corrected chi connectivity index (χ3v) is 4.19. The highest BCUT2D eigenvalue weighted by Crippen LogP contribution is 2.15. The first-order valence-corrected chi connectivity index (χ1v) is 8.41. The number of rotatable bonds is 3. The van der Waals surface area contributed by atoms with E-state index >= 15 is 0 Å². The summed E-state index contributed by atoms with van der Waals surface area (Å²) in [6.45, 7) is 3.31. The Morgan fingerprint density at radius 1 is 0.923 bits per heavy atom. The lowest BCUT2D eigenvalue weighted by Gasteiger charge is -2.34. The van der Waals surface area contributed by atoms with Crippen LogP contribution >= 0.6 is 0 Å². The minimum Gasteiger partial charge on any atom is -0.335 e. The minimum absolute atomic E-state index is 0.0714. The van der Waals surface area contributed by atoms with Crippen LogP contribution in [0.2, 0.25) is 0 Å². The first-order valence-electron chi connectivity index (χ1n) is 8.41. The fraction of sp³-hybridized carbons (Fsp3) is 0.263. The van der Waals surface area contributed by atoms with E-state index in [0.29, 0.717) is 43.0 Å². The number of hydrogen-bond donors (Lipinski definition) is 1. The number of pyridine rings is 1. The Kier molecular flexibility index (Phi) is 5.26. The summed E-state index contributed by atoms with van der Waals surface area (Å²) in [5.41, 5.74) is 1.66. The topological polar surface area (TPSA) is 82.6 Å². The molecule has 1 saturated heterocycles. The predicted octanol–water partition coefficient (Wildman–Crippen LogP) is 1.64. The van der Waals surface area contributed by atoms with Crippen molar-refractivity contribution in [1.82, 2.24) is 14.8 Å². The highest BCUT2D eigenvalue weighted by atomic mass is 16.2. The Hall–Kier alpha value is -3.22. The zero-order valence-electron chi connectivity index (χ0n) is 14.5. The van der Waals surface area contributed by atoms with Crippen molar-refractivity contribution in [3.63, 3.8) is 0 Å². The van der Waals surface area contributed by atoms with Gasteiger partial charge in [-0.2, -0.15) is 0 Å². The van der Waals surface area contributed by atoms with Crippen LogP contribution < -0.4 is 5.32 Å². The van der Waals surface area contributed by atoms with Gasteiger partial charge in [0.05, 0.1) is 5.56 Å². The number of nitrogens with zero attached hydrogens (tertiary/aromatic N) is 3. The van der Waals surface area contributed by atoms with Crippen molar-refractivity contribution in [2.24, 2.45) is 0 Å². The van der Waals surface area contributed by atoms with Gasteiger partial charge in [-0.15, -0.1) is 0 Å². The van der Waals surface area contributed by atoms with E-state index in [1.54, 1.807) is 58.6 Å². The molecule has 1 aliphatic rings. The Morgan fingerprint density at radius 3 is 2.12 bits per heavy atom. The lowest BCUT2D eigenvalue weighted by atomic mass is 10.1. The van der Waals surface area contributed by atoms with Crippen LogP contribution in [-0.2, 0) is 4.79 Å². The van der Waals surface area contributed by atoms with Gasteiger partial charge in [0, 0.05) is 56.7 Å². The normalized spacial score (nSPS) is 14.0. The van der Waals surface area contributed by atoms with E-state index in [9.17, 15) is 14.4 Å². The second-order valence-electron chi connectivity index (χ2n) is 6.09. The van der Waals surface area contributed by atoms with Gasteiger partial charge >= 0.3 is 0 Å². The third kappa shape index (κ3) is 4.05. The average Bonchev–Trinajstić information content (AvgIpc) is 2.67. The molecule has 134 valence electrons. The van der Waals surface area contributed by atoms with Gasteiger partial charge in [-0.3, -0.25) is 19.4 Å². The summed E-state index contributed by atoms with van der Waals surface area (Å²) in [5, 5.41) is 2.67. The van der Waals surface area contributed by atoms with Crippen molar-refractivity contribution in [3.05, 3.63) is 59.9 Å². The SMILES string of the molecule is CC(=O)Nc1cccc(C(=O)N2CCN(C(=O)c3cccnc3)CC2)c1. The molecule has 0 radical (unpaired) electrons. The number of aromatic nitrogens is 1. The van der Waals surface area contributed by atoms with Gasteiger partial charge in [0.15, 0.2) is 0 Å². The van der Waals surface area contributed by atoms with Gasteiger partial charge in [0.1, 0.15) is 0 Å². The minimum atomic E-state index is -0.183. The summed E-state index contributed by atoms with van der Waals surface area (Å²) in [7, 11) is 0. The van der Waals surface area contributed by atoms with E-state index in [0.717, 1.165) is 0 Å². The fourth-order valence-electron chi connectivity index (χ4n) is 2.90. The van der Waals surface area contributed by atoms with Crippen LogP contribution in [0.5, 0.6) is 0 Å². The molecule has 7 nitrogen and oxygen atoms in total. The Balaban J connectivity index is 1.62. The highest BCUT2D eigenvalue weighted by molar-refractivity contribution is 5.97. The molecule has 2 heterocycles. The molecule has 0 atom stereocenters. The van der Waals surface area contributed by atoms with Crippen molar-refractivity contribution >= 4 is 23.4 Å². The van der Waals surface area contributed by atoms with Crippen molar-refractivity contribution in [3.8, 4) is 0 Å². The number of piperazine rings is 1. The van der Waals surface area contributed by atoms with Crippen molar-refractivity contribution < 1.29 is 14.4 Å². The van der Waals surface area contributed by atoms with Gasteiger partial charge < -0.3 is 15.1 Å². The molecular formula is C19H20N4O3. The van der Waals surface area contributed by atoms with E-state index in [-0.39, 0.29) is 17.7 Å². The third-order valence-electron chi connectivity index (χ3n) is 4.19. The van der Waals surface area contributed by atoms with Gasteiger partial charge in [-0.05, 0) is 30.3 Å². The number of anilines is 1. The predicted molar refractivity (Wildman–Crippen MR) is 96.8 cm³/mol. The second-order valence-corrected chi connectivity index (χ2v) is 6.09. The summed E-state index contributed by atoms with van der Waals surface area (Å²) in [5.74, 6) is -0.360. The molecule has 2 aromatic rings. The zero-order chi connectivity index (χ0) is 18.5. The average molecular weight is 352 g/mol. The smallest absolute Gasteiger partial charge is 0.255 e. The van der Waals surface area contributed by atoms with Crippen molar-refractivity contribution in [2.75, 3.05) is 31.5 Å². The van der Waals surface area contributed by atoms with Crippen LogP contribution in [0.4, 0.5) is 5.69 Å². The van der Waals surface area contributed by atoms with Gasteiger partial charge in [0.2, 0.25) is 5.91 Å². The number of nitrogens with one attached hydrogen (secondary N) is 1. The quantitative estimate of drug-likeness (QED) is 0.910. The van der Waals surface area contributed by atoms with E-state index in [1.165, 1.54) is 6.92 Å². The van der Waals surface area contributed by atoms with Gasteiger partial charge in [0.25, 0.3) is 11.8 Å². The van der Waals surface area contributed by atoms with E-state index in [1.807, 2.05) is 0 Å². The molecule has 3 amide bonds. The monoisotopic (exact) mass is 352 g/mol. The molecular weight excluding hydrogens is 332 g/mol. The zero-order valence-corrected chi connectivity index (χ0v) is 14.5. The molecule has 1 N–H and O–H groups in total. The molecule has 1 fully saturated rings. The number of carbonyl (C=O) groups is 3. The van der Waals surface area contributed by atoms with Crippen LogP contribution in [0.15, 0.2) is 48.8 Å². The first-order chi connectivity index (χ1) is 12.5. The molecule has 0 aliphatic carbocycles. The summed E-state index contributed by atoms with van der Waals surface area (Å²) < 4.78 is 0. The summed E-state index contributed by atoms with van der Waals surface area (Å²) in [6.07, 6.45) is 3.18. The molecule has 0 spiro atoms. The molecule has 7 heteroatoms. The number of hydrogen-bond acceptors (Lipinski definition) is 4. The first kappa shape index (κ1) is 17.6. The van der Waals surface area contributed by atoms with Crippen molar-refractivity contribution in [2.45, 2.75) is 6.92 Å². The van der Waals surface area contributed by atoms with Crippen LogP contribution in [0.25, 0.3) is 0 Å². The van der Waals surface area contributed by atoms with Crippen molar-refractivity contribution in [1.29, 1.82) is 0 Å². The molecule has 1 aromatic carbocycles. The van der Waals surface area contributed by atoms with Gasteiger partial charge in [-0.1, -0.05) is 6.07 Å². The van der Waals surface area contributed by atoms with Crippen LogP contribution in [-0.4, -0.2) is 58.7 Å².